The van der Waals surface area contributed by atoms with Gasteiger partial charge < -0.3 is 24.5 Å². The summed E-state index contributed by atoms with van der Waals surface area (Å²) in [6.45, 7) is 5.99. The van der Waals surface area contributed by atoms with Crippen molar-refractivity contribution in [3.8, 4) is 11.5 Å². The summed E-state index contributed by atoms with van der Waals surface area (Å²) in [5, 5.41) is 12.4. The largest absolute Gasteiger partial charge is 0.508 e. The average molecular weight is 762 g/mol. The van der Waals surface area contributed by atoms with Crippen molar-refractivity contribution in [3.05, 3.63) is 118 Å². The molecule has 3 atom stereocenters. The zero-order valence-corrected chi connectivity index (χ0v) is 31.1. The third-order valence-electron chi connectivity index (χ3n) is 12.5. The van der Waals surface area contributed by atoms with E-state index in [0.29, 0.717) is 48.3 Å². The fourth-order valence-corrected chi connectivity index (χ4v) is 9.48. The number of nitrogens with zero attached hydrogens (tertiary/aromatic N) is 4. The molecule has 9 rings (SSSR count). The molecule has 3 amide bonds. The lowest BCUT2D eigenvalue weighted by Gasteiger charge is -2.40. The fourth-order valence-electron chi connectivity index (χ4n) is 9.48. The maximum Gasteiger partial charge on any atom is 0.255 e. The Labute approximate surface area is 324 Å². The molecule has 10 nitrogen and oxygen atoms in total. The van der Waals surface area contributed by atoms with Gasteiger partial charge in [-0.15, -0.1) is 0 Å². The van der Waals surface area contributed by atoms with Crippen LogP contribution in [0.3, 0.4) is 0 Å². The highest BCUT2D eigenvalue weighted by Gasteiger charge is 2.40. The minimum absolute atomic E-state index is 0.00738. The first-order valence-electron chi connectivity index (χ1n) is 19.7. The maximum atomic E-state index is 16.1. The van der Waals surface area contributed by atoms with Crippen LogP contribution in [0.4, 0.5) is 20.2 Å². The molecular weight excluding hydrogens is 717 g/mol. The van der Waals surface area contributed by atoms with E-state index in [9.17, 15) is 19.5 Å². The van der Waals surface area contributed by atoms with Gasteiger partial charge in [0.1, 0.15) is 29.2 Å². The van der Waals surface area contributed by atoms with E-state index in [-0.39, 0.29) is 60.2 Å². The lowest BCUT2D eigenvalue weighted by molar-refractivity contribution is -0.136. The fraction of sp³-hybridized carbons (Fsp3) is 0.386. The number of nitrogens with one attached hydrogen (secondary N) is 1. The molecule has 5 aliphatic rings. The van der Waals surface area contributed by atoms with Gasteiger partial charge in [-0.1, -0.05) is 42.5 Å². The second-order valence-electron chi connectivity index (χ2n) is 15.8. The molecule has 0 aliphatic carbocycles. The number of phenolic OH excluding ortho intramolecular Hbond substituents is 1. The predicted octanol–water partition coefficient (Wildman–Crippen LogP) is 5.78. The number of fused-ring (bicyclic) bond motifs is 2. The zero-order valence-electron chi connectivity index (χ0n) is 31.1. The van der Waals surface area contributed by atoms with Crippen LogP contribution in [-0.2, 0) is 16.1 Å². The summed E-state index contributed by atoms with van der Waals surface area (Å²) in [5.41, 5.74) is 5.00. The Balaban J connectivity index is 0.804. The molecule has 56 heavy (non-hydrogen) atoms. The second kappa shape index (κ2) is 14.9. The van der Waals surface area contributed by atoms with Crippen LogP contribution in [0.1, 0.15) is 70.1 Å². The van der Waals surface area contributed by atoms with Gasteiger partial charge in [0.2, 0.25) is 11.8 Å². The first-order chi connectivity index (χ1) is 27.2. The van der Waals surface area contributed by atoms with E-state index in [0.717, 1.165) is 62.3 Å². The number of amides is 3. The normalized spacial score (nSPS) is 23.1. The number of carbonyl (C=O) groups is 3. The predicted molar refractivity (Wildman–Crippen MR) is 207 cm³/mol. The third kappa shape index (κ3) is 6.84. The number of piperazine rings is 1. The first-order valence-corrected chi connectivity index (χ1v) is 19.7. The number of halogens is 2. The van der Waals surface area contributed by atoms with E-state index in [1.807, 2.05) is 41.3 Å². The number of rotatable bonds is 7. The Morgan fingerprint density at radius 1 is 0.768 bits per heavy atom. The number of hydrogen-bond acceptors (Lipinski definition) is 8. The highest BCUT2D eigenvalue weighted by molar-refractivity contribution is 6.05. The molecule has 0 spiro atoms. The van der Waals surface area contributed by atoms with E-state index in [1.165, 1.54) is 11.0 Å². The molecule has 5 aliphatic heterocycles. The van der Waals surface area contributed by atoms with Crippen molar-refractivity contribution in [2.75, 3.05) is 62.2 Å². The number of ether oxygens (including phenoxy) is 1. The molecule has 12 heteroatoms. The van der Waals surface area contributed by atoms with Crippen molar-refractivity contribution in [2.24, 2.45) is 5.92 Å². The topological polar surface area (TPSA) is 106 Å². The highest BCUT2D eigenvalue weighted by Crippen LogP contribution is 2.47. The van der Waals surface area contributed by atoms with Crippen LogP contribution in [0.15, 0.2) is 78.9 Å². The summed E-state index contributed by atoms with van der Waals surface area (Å²) in [4.78, 5) is 45.3. The number of benzene rings is 4. The van der Waals surface area contributed by atoms with Crippen LogP contribution in [0.2, 0.25) is 0 Å². The zero-order chi connectivity index (χ0) is 38.5. The Bertz CT molecular complexity index is 2170. The molecule has 0 saturated carbocycles. The number of hydrogen-bond donors (Lipinski definition) is 2. The Morgan fingerprint density at radius 2 is 1.52 bits per heavy atom. The first kappa shape index (κ1) is 36.2. The molecular formula is C44H45F2N5O5. The standard InChI is InChI=1S/C44H45F2N5O5/c45-35-20-29(42-32-8-7-31(52)22-40(32)56-26-34(42)28-4-2-1-3-5-28)6-9-37(35)49-14-12-27(13-15-49)24-48-16-18-50(19-17-48)39-21-30-25-51(44(55)33(30)23-36(39)46)38-10-11-41(53)47-43(38)54/h1-9,20-23,27,34,38,42,52H,10-19,24-26H2,(H,47,53,54)/t34-,38-,42-/m1/s1. The molecule has 3 fully saturated rings. The number of imide groups is 1. The van der Waals surface area contributed by atoms with Crippen LogP contribution in [-0.4, -0.2) is 91.1 Å². The lowest BCUT2D eigenvalue weighted by atomic mass is 9.76. The van der Waals surface area contributed by atoms with Gasteiger partial charge in [0, 0.05) is 87.8 Å². The van der Waals surface area contributed by atoms with Gasteiger partial charge in [0.25, 0.3) is 5.91 Å². The van der Waals surface area contributed by atoms with Crippen LogP contribution in [0.25, 0.3) is 0 Å². The minimum Gasteiger partial charge on any atom is -0.508 e. The van der Waals surface area contributed by atoms with Crippen LogP contribution < -0.4 is 19.9 Å². The van der Waals surface area contributed by atoms with E-state index in [2.05, 4.69) is 27.2 Å². The van der Waals surface area contributed by atoms with Gasteiger partial charge in [-0.25, -0.2) is 8.78 Å². The monoisotopic (exact) mass is 761 g/mol. The molecule has 0 unspecified atom stereocenters. The average Bonchev–Trinajstić information content (AvgIpc) is 3.52. The minimum atomic E-state index is -0.735. The van der Waals surface area contributed by atoms with Crippen molar-refractivity contribution in [1.82, 2.24) is 15.1 Å². The molecule has 5 heterocycles. The summed E-state index contributed by atoms with van der Waals surface area (Å²) >= 11 is 0. The van der Waals surface area contributed by atoms with Gasteiger partial charge in [0.05, 0.1) is 18.0 Å². The van der Waals surface area contributed by atoms with E-state index in [1.54, 1.807) is 24.3 Å². The Hall–Kier alpha value is -5.49. The molecule has 3 saturated heterocycles. The lowest BCUT2D eigenvalue weighted by Crippen LogP contribution is -2.52. The van der Waals surface area contributed by atoms with Gasteiger partial charge in [-0.05, 0) is 72.2 Å². The summed E-state index contributed by atoms with van der Waals surface area (Å²) in [6, 6.07) is 23.3. The van der Waals surface area contributed by atoms with E-state index in [4.69, 9.17) is 4.74 Å². The number of carbonyl (C=O) groups excluding carboxylic acids is 3. The van der Waals surface area contributed by atoms with Gasteiger partial charge in [0.15, 0.2) is 0 Å². The third-order valence-corrected chi connectivity index (χ3v) is 12.5. The van der Waals surface area contributed by atoms with E-state index < -0.39 is 17.8 Å². The molecule has 290 valence electrons. The molecule has 2 N–H and O–H groups in total. The van der Waals surface area contributed by atoms with Crippen LogP contribution >= 0.6 is 0 Å². The van der Waals surface area contributed by atoms with Crippen molar-refractivity contribution in [2.45, 2.75) is 50.1 Å². The molecule has 4 aromatic rings. The maximum absolute atomic E-state index is 16.1. The SMILES string of the molecule is O=C1CC[C@@H](N2Cc3cc(N4CCN(CC5CCN(c6ccc([C@@H]7c8ccc(O)cc8OC[C@@H]7c7ccccc7)cc6F)CC5)CC4)c(F)cc3C2=O)C(=O)N1. The molecule has 4 aromatic carbocycles. The summed E-state index contributed by atoms with van der Waals surface area (Å²) in [5.74, 6) is -0.778. The van der Waals surface area contributed by atoms with Crippen LogP contribution in [0, 0.1) is 17.6 Å². The number of aromatic hydroxyl groups is 1. The molecule has 0 bridgehead atoms. The van der Waals surface area contributed by atoms with Gasteiger partial charge in [-0.3, -0.25) is 24.6 Å². The van der Waals surface area contributed by atoms with Gasteiger partial charge >= 0.3 is 0 Å². The van der Waals surface area contributed by atoms with Gasteiger partial charge in [-0.2, -0.15) is 0 Å². The van der Waals surface area contributed by atoms with Crippen molar-refractivity contribution in [3.63, 3.8) is 0 Å². The van der Waals surface area contributed by atoms with E-state index >= 15 is 8.78 Å². The summed E-state index contributed by atoms with van der Waals surface area (Å²) in [7, 11) is 0. The quantitative estimate of drug-likeness (QED) is 0.229. The molecule has 0 aromatic heterocycles. The van der Waals surface area contributed by atoms with Crippen LogP contribution in [0.5, 0.6) is 11.5 Å². The number of phenols is 1. The Morgan fingerprint density at radius 3 is 2.27 bits per heavy atom. The summed E-state index contributed by atoms with van der Waals surface area (Å²) in [6.07, 6.45) is 2.34. The number of piperidine rings is 2. The molecule has 0 radical (unpaired) electrons. The summed E-state index contributed by atoms with van der Waals surface area (Å²) < 4.78 is 37.6. The number of anilines is 2. The van der Waals surface area contributed by atoms with Crippen molar-refractivity contribution < 1.29 is 33.0 Å². The highest BCUT2D eigenvalue weighted by atomic mass is 19.1. The van der Waals surface area contributed by atoms with Crippen molar-refractivity contribution in [1.29, 1.82) is 0 Å². The Kier molecular flexibility index (Phi) is 9.60. The smallest absolute Gasteiger partial charge is 0.255 e. The second-order valence-corrected chi connectivity index (χ2v) is 15.8. The van der Waals surface area contributed by atoms with Crippen molar-refractivity contribution >= 4 is 29.1 Å².